The standard InChI is InChI=1S/C38H39NO8S/c1-24-32(23-48-33-10-5-4-9-31(33)37(44)45)46-38(47-36(24)27-15-13-25(22-40)14-16-27)28-19-17-26(18-20-28)30-8-3-2-7-29(30)21-39-34(41)11-6-12-35(42)43/h2-5,7-10,13-20,24,32,36,38,40H,6,11-12,21-23H2,1H3,(H,39,41)(H,42,43)(H,44,45)/t24-,32+,36+,38+/m0/s1. The average molecular weight is 670 g/mol. The highest BCUT2D eigenvalue weighted by Crippen LogP contribution is 2.43. The number of aliphatic hydroxyl groups excluding tert-OH is 1. The zero-order chi connectivity index (χ0) is 34.0. The molecule has 4 N–H and O–H groups in total. The molecule has 4 atom stereocenters. The lowest BCUT2D eigenvalue weighted by Crippen LogP contribution is -2.38. The van der Waals surface area contributed by atoms with Gasteiger partial charge in [-0.3, -0.25) is 9.59 Å². The number of aliphatic hydroxyl groups is 1. The van der Waals surface area contributed by atoms with Crippen molar-refractivity contribution in [2.45, 2.75) is 62.7 Å². The van der Waals surface area contributed by atoms with Crippen LogP contribution in [0.5, 0.6) is 0 Å². The monoisotopic (exact) mass is 669 g/mol. The number of carboxylic acid groups (broad SMARTS) is 2. The van der Waals surface area contributed by atoms with Crippen LogP contribution in [0, 0.1) is 5.92 Å². The number of carbonyl (C=O) groups excluding carboxylic acids is 1. The third-order valence-electron chi connectivity index (χ3n) is 8.43. The van der Waals surface area contributed by atoms with E-state index in [-0.39, 0.29) is 49.0 Å². The molecule has 250 valence electrons. The van der Waals surface area contributed by atoms with E-state index in [4.69, 9.17) is 14.6 Å². The van der Waals surface area contributed by atoms with Gasteiger partial charge in [-0.05, 0) is 46.4 Å². The fourth-order valence-electron chi connectivity index (χ4n) is 5.71. The molecule has 1 fully saturated rings. The maximum absolute atomic E-state index is 12.3. The van der Waals surface area contributed by atoms with E-state index in [1.807, 2.05) is 84.9 Å². The summed E-state index contributed by atoms with van der Waals surface area (Å²) in [5.74, 6) is -1.63. The lowest BCUT2D eigenvalue weighted by Gasteiger charge is -2.41. The molecule has 0 radical (unpaired) electrons. The summed E-state index contributed by atoms with van der Waals surface area (Å²) < 4.78 is 13.2. The second-order valence-electron chi connectivity index (χ2n) is 11.7. The predicted octanol–water partition coefficient (Wildman–Crippen LogP) is 7.00. The van der Waals surface area contributed by atoms with Crippen molar-refractivity contribution >= 4 is 29.6 Å². The lowest BCUT2D eigenvalue weighted by molar-refractivity contribution is -0.268. The Morgan fingerprint density at radius 1 is 0.812 bits per heavy atom. The maximum atomic E-state index is 12.3. The number of nitrogens with one attached hydrogen (secondary N) is 1. The molecule has 1 aliphatic rings. The van der Waals surface area contributed by atoms with Gasteiger partial charge in [-0.1, -0.05) is 91.9 Å². The minimum absolute atomic E-state index is 0.0430. The maximum Gasteiger partial charge on any atom is 0.336 e. The van der Waals surface area contributed by atoms with Crippen molar-refractivity contribution in [1.29, 1.82) is 0 Å². The minimum Gasteiger partial charge on any atom is -0.481 e. The van der Waals surface area contributed by atoms with Crippen LogP contribution in [-0.4, -0.2) is 45.0 Å². The molecule has 0 bridgehead atoms. The summed E-state index contributed by atoms with van der Waals surface area (Å²) in [5.41, 5.74) is 5.69. The Bertz CT molecular complexity index is 1710. The molecule has 0 aromatic heterocycles. The van der Waals surface area contributed by atoms with Crippen molar-refractivity contribution in [1.82, 2.24) is 5.32 Å². The summed E-state index contributed by atoms with van der Waals surface area (Å²) in [4.78, 5) is 35.5. The molecule has 4 aromatic rings. The molecule has 10 heteroatoms. The molecule has 4 aromatic carbocycles. The van der Waals surface area contributed by atoms with Crippen LogP contribution in [0.1, 0.15) is 71.2 Å². The van der Waals surface area contributed by atoms with Gasteiger partial charge >= 0.3 is 11.9 Å². The molecular weight excluding hydrogens is 630 g/mol. The molecular formula is C38H39NO8S. The molecule has 0 aliphatic carbocycles. The Balaban J connectivity index is 1.34. The van der Waals surface area contributed by atoms with Crippen molar-refractivity contribution in [3.8, 4) is 11.1 Å². The van der Waals surface area contributed by atoms with Gasteiger partial charge in [-0.25, -0.2) is 4.79 Å². The molecule has 5 rings (SSSR count). The normalized spacial score (nSPS) is 19.0. The van der Waals surface area contributed by atoms with Crippen molar-refractivity contribution in [3.05, 3.63) is 125 Å². The number of thioether (sulfide) groups is 1. The van der Waals surface area contributed by atoms with E-state index in [9.17, 15) is 24.6 Å². The number of aromatic carboxylic acids is 1. The molecule has 0 spiro atoms. The van der Waals surface area contributed by atoms with E-state index in [0.29, 0.717) is 23.6 Å². The average Bonchev–Trinajstić information content (AvgIpc) is 3.10. The summed E-state index contributed by atoms with van der Waals surface area (Å²) in [6, 6.07) is 30.3. The molecule has 0 saturated carbocycles. The lowest BCUT2D eigenvalue weighted by atomic mass is 9.91. The van der Waals surface area contributed by atoms with Gasteiger partial charge in [0.25, 0.3) is 0 Å². The van der Waals surface area contributed by atoms with E-state index in [1.54, 1.807) is 12.1 Å². The van der Waals surface area contributed by atoms with Crippen LogP contribution in [-0.2, 0) is 32.2 Å². The van der Waals surface area contributed by atoms with E-state index in [0.717, 1.165) is 33.4 Å². The third kappa shape index (κ3) is 8.90. The van der Waals surface area contributed by atoms with Gasteiger partial charge in [-0.15, -0.1) is 11.8 Å². The summed E-state index contributed by atoms with van der Waals surface area (Å²) in [7, 11) is 0. The predicted molar refractivity (Wildman–Crippen MR) is 182 cm³/mol. The van der Waals surface area contributed by atoms with E-state index in [2.05, 4.69) is 12.2 Å². The van der Waals surface area contributed by atoms with E-state index in [1.165, 1.54) is 11.8 Å². The molecule has 1 saturated heterocycles. The zero-order valence-corrected chi connectivity index (χ0v) is 27.4. The van der Waals surface area contributed by atoms with Gasteiger partial charge in [0.2, 0.25) is 5.91 Å². The fourth-order valence-corrected chi connectivity index (χ4v) is 6.92. The number of carbonyl (C=O) groups is 3. The van der Waals surface area contributed by atoms with Crippen molar-refractivity contribution in [2.24, 2.45) is 5.92 Å². The van der Waals surface area contributed by atoms with Gasteiger partial charge < -0.3 is 30.1 Å². The van der Waals surface area contributed by atoms with Crippen molar-refractivity contribution < 1.29 is 39.2 Å². The number of ether oxygens (including phenoxy) is 2. The molecule has 9 nitrogen and oxygen atoms in total. The van der Waals surface area contributed by atoms with Gasteiger partial charge in [0, 0.05) is 41.5 Å². The van der Waals surface area contributed by atoms with Crippen LogP contribution in [0.3, 0.4) is 0 Å². The zero-order valence-electron chi connectivity index (χ0n) is 26.6. The highest BCUT2D eigenvalue weighted by Gasteiger charge is 2.38. The first-order chi connectivity index (χ1) is 23.2. The van der Waals surface area contributed by atoms with E-state index < -0.39 is 18.2 Å². The largest absolute Gasteiger partial charge is 0.481 e. The first-order valence-corrected chi connectivity index (χ1v) is 16.8. The van der Waals surface area contributed by atoms with Gasteiger partial charge in [0.15, 0.2) is 6.29 Å². The van der Waals surface area contributed by atoms with Crippen molar-refractivity contribution in [2.75, 3.05) is 5.75 Å². The topological polar surface area (TPSA) is 142 Å². The smallest absolute Gasteiger partial charge is 0.336 e. The second-order valence-corrected chi connectivity index (χ2v) is 12.8. The molecule has 1 amide bonds. The van der Waals surface area contributed by atoms with Crippen LogP contribution in [0.4, 0.5) is 0 Å². The number of rotatable bonds is 14. The molecule has 48 heavy (non-hydrogen) atoms. The summed E-state index contributed by atoms with van der Waals surface area (Å²) in [5, 5.41) is 31.0. The fraction of sp³-hybridized carbons (Fsp3) is 0.289. The number of benzene rings is 4. The number of aliphatic carboxylic acids is 1. The number of hydrogen-bond acceptors (Lipinski definition) is 7. The highest BCUT2D eigenvalue weighted by molar-refractivity contribution is 7.99. The number of amides is 1. The van der Waals surface area contributed by atoms with Crippen molar-refractivity contribution in [3.63, 3.8) is 0 Å². The summed E-state index contributed by atoms with van der Waals surface area (Å²) >= 11 is 1.45. The van der Waals surface area contributed by atoms with Crippen LogP contribution >= 0.6 is 11.8 Å². The van der Waals surface area contributed by atoms with E-state index >= 15 is 0 Å². The Hall–Kier alpha value is -4.48. The first-order valence-electron chi connectivity index (χ1n) is 15.9. The Morgan fingerprint density at radius 3 is 2.21 bits per heavy atom. The highest BCUT2D eigenvalue weighted by atomic mass is 32.2. The third-order valence-corrected chi connectivity index (χ3v) is 9.59. The van der Waals surface area contributed by atoms with Crippen LogP contribution in [0.2, 0.25) is 0 Å². The quantitative estimate of drug-likeness (QED) is 0.104. The number of carboxylic acids is 2. The van der Waals surface area contributed by atoms with Crippen LogP contribution < -0.4 is 5.32 Å². The SMILES string of the molecule is C[C@H]1[C@@H](CSc2ccccc2C(=O)O)O[C@@H](c2ccc(-c3ccccc3CNC(=O)CCCC(=O)O)cc2)O[C@H]1c1ccc(CO)cc1. The summed E-state index contributed by atoms with van der Waals surface area (Å²) in [6.07, 6.45) is -0.856. The van der Waals surface area contributed by atoms with Gasteiger partial charge in [0.05, 0.1) is 24.4 Å². The van der Waals surface area contributed by atoms with Gasteiger partial charge in [0.1, 0.15) is 0 Å². The Kier molecular flexibility index (Phi) is 12.0. The second kappa shape index (κ2) is 16.6. The van der Waals surface area contributed by atoms with Gasteiger partial charge in [-0.2, -0.15) is 0 Å². The Labute approximate surface area is 283 Å². The first kappa shape index (κ1) is 34.8. The molecule has 0 unspecified atom stereocenters. The molecule has 1 aliphatic heterocycles. The summed E-state index contributed by atoms with van der Waals surface area (Å²) in [6.45, 7) is 2.34. The minimum atomic E-state index is -0.974. The molecule has 1 heterocycles. The van der Waals surface area contributed by atoms with Crippen LogP contribution in [0.15, 0.2) is 102 Å². The Morgan fingerprint density at radius 2 is 1.50 bits per heavy atom. The number of hydrogen-bond donors (Lipinski definition) is 4. The van der Waals surface area contributed by atoms with Crippen LogP contribution in [0.25, 0.3) is 11.1 Å².